The summed E-state index contributed by atoms with van der Waals surface area (Å²) in [6.45, 7) is 8.10. The SMILES string of the molecule is Cc1noc2cc([C@@H](C)NC(=O)Cc3ccc(C(C)C)cc3)ncc12. The van der Waals surface area contributed by atoms with Crippen LogP contribution in [0.15, 0.2) is 41.1 Å². The molecule has 25 heavy (non-hydrogen) atoms. The maximum atomic E-state index is 12.3. The number of benzene rings is 1. The van der Waals surface area contributed by atoms with Crippen molar-refractivity contribution >= 4 is 16.9 Å². The van der Waals surface area contributed by atoms with Gasteiger partial charge in [0.25, 0.3) is 0 Å². The minimum Gasteiger partial charge on any atom is -0.356 e. The number of nitrogens with one attached hydrogen (secondary N) is 1. The van der Waals surface area contributed by atoms with E-state index in [1.165, 1.54) is 5.56 Å². The summed E-state index contributed by atoms with van der Waals surface area (Å²) >= 11 is 0. The number of fused-ring (bicyclic) bond motifs is 1. The van der Waals surface area contributed by atoms with Gasteiger partial charge in [0.05, 0.1) is 29.2 Å². The summed E-state index contributed by atoms with van der Waals surface area (Å²) in [7, 11) is 0. The number of hydrogen-bond donors (Lipinski definition) is 1. The van der Waals surface area contributed by atoms with Crippen molar-refractivity contribution in [2.24, 2.45) is 0 Å². The van der Waals surface area contributed by atoms with Gasteiger partial charge in [0.2, 0.25) is 5.91 Å². The highest BCUT2D eigenvalue weighted by Gasteiger charge is 2.14. The molecule has 0 radical (unpaired) electrons. The number of nitrogens with zero attached hydrogens (tertiary/aromatic N) is 2. The van der Waals surface area contributed by atoms with Gasteiger partial charge >= 0.3 is 0 Å². The van der Waals surface area contributed by atoms with Gasteiger partial charge in [-0.1, -0.05) is 43.3 Å². The van der Waals surface area contributed by atoms with Gasteiger partial charge in [-0.3, -0.25) is 9.78 Å². The molecule has 3 rings (SSSR count). The van der Waals surface area contributed by atoms with Crippen LogP contribution in [0.25, 0.3) is 11.0 Å². The van der Waals surface area contributed by atoms with Crippen LogP contribution in [-0.4, -0.2) is 16.0 Å². The number of carbonyl (C=O) groups is 1. The first kappa shape index (κ1) is 17.1. The third-order valence-corrected chi connectivity index (χ3v) is 4.39. The normalized spacial score (nSPS) is 12.5. The molecule has 5 heteroatoms. The van der Waals surface area contributed by atoms with Gasteiger partial charge in [0.1, 0.15) is 0 Å². The Morgan fingerprint density at radius 1 is 1.20 bits per heavy atom. The second-order valence-electron chi connectivity index (χ2n) is 6.74. The molecule has 2 aromatic heterocycles. The van der Waals surface area contributed by atoms with Crippen molar-refractivity contribution in [3.05, 3.63) is 59.0 Å². The Labute approximate surface area is 147 Å². The maximum absolute atomic E-state index is 12.3. The lowest BCUT2D eigenvalue weighted by Gasteiger charge is -2.13. The quantitative estimate of drug-likeness (QED) is 0.762. The second kappa shape index (κ2) is 7.05. The minimum absolute atomic E-state index is 0.0274. The van der Waals surface area contributed by atoms with Crippen LogP contribution in [-0.2, 0) is 11.2 Å². The van der Waals surface area contributed by atoms with Gasteiger partial charge in [-0.2, -0.15) is 0 Å². The van der Waals surface area contributed by atoms with Crippen LogP contribution < -0.4 is 5.32 Å². The summed E-state index contributed by atoms with van der Waals surface area (Å²) in [6, 6.07) is 9.83. The molecule has 0 saturated heterocycles. The minimum atomic E-state index is -0.197. The molecule has 0 unspecified atom stereocenters. The molecule has 0 bridgehead atoms. The van der Waals surface area contributed by atoms with E-state index in [1.54, 1.807) is 6.20 Å². The Kier molecular flexibility index (Phi) is 4.83. The van der Waals surface area contributed by atoms with E-state index in [0.717, 1.165) is 22.3 Å². The molecule has 3 aromatic rings. The van der Waals surface area contributed by atoms with Crippen molar-refractivity contribution in [3.8, 4) is 0 Å². The van der Waals surface area contributed by atoms with E-state index in [0.29, 0.717) is 17.9 Å². The molecule has 0 saturated carbocycles. The van der Waals surface area contributed by atoms with Crippen molar-refractivity contribution in [2.75, 3.05) is 0 Å². The smallest absolute Gasteiger partial charge is 0.224 e. The molecule has 1 N–H and O–H groups in total. The fraction of sp³-hybridized carbons (Fsp3) is 0.350. The van der Waals surface area contributed by atoms with Gasteiger partial charge in [0, 0.05) is 12.3 Å². The molecular formula is C20H23N3O2. The van der Waals surface area contributed by atoms with E-state index in [-0.39, 0.29) is 11.9 Å². The summed E-state index contributed by atoms with van der Waals surface area (Å²) in [5, 5.41) is 7.82. The van der Waals surface area contributed by atoms with E-state index in [4.69, 9.17) is 4.52 Å². The Hall–Kier alpha value is -2.69. The molecule has 0 fully saturated rings. The lowest BCUT2D eigenvalue weighted by molar-refractivity contribution is -0.121. The van der Waals surface area contributed by atoms with Crippen molar-refractivity contribution in [1.82, 2.24) is 15.5 Å². The van der Waals surface area contributed by atoms with E-state index in [1.807, 2.05) is 32.0 Å². The molecule has 0 spiro atoms. The van der Waals surface area contributed by atoms with Crippen LogP contribution in [0.2, 0.25) is 0 Å². The number of pyridine rings is 1. The Morgan fingerprint density at radius 3 is 2.60 bits per heavy atom. The second-order valence-corrected chi connectivity index (χ2v) is 6.74. The zero-order valence-corrected chi connectivity index (χ0v) is 15.0. The number of aryl methyl sites for hydroxylation is 1. The summed E-state index contributed by atoms with van der Waals surface area (Å²) in [5.41, 5.74) is 4.54. The molecule has 130 valence electrons. The summed E-state index contributed by atoms with van der Waals surface area (Å²) in [5.74, 6) is 0.462. The third kappa shape index (κ3) is 3.87. The van der Waals surface area contributed by atoms with Gasteiger partial charge < -0.3 is 9.84 Å². The summed E-state index contributed by atoms with van der Waals surface area (Å²) in [4.78, 5) is 16.7. The highest BCUT2D eigenvalue weighted by Crippen LogP contribution is 2.20. The fourth-order valence-electron chi connectivity index (χ4n) is 2.78. The van der Waals surface area contributed by atoms with Crippen molar-refractivity contribution < 1.29 is 9.32 Å². The predicted molar refractivity (Wildman–Crippen MR) is 97.3 cm³/mol. The van der Waals surface area contributed by atoms with E-state index >= 15 is 0 Å². The predicted octanol–water partition coefficient (Wildman–Crippen LogP) is 4.07. The number of hydrogen-bond acceptors (Lipinski definition) is 4. The Bertz CT molecular complexity index is 882. The number of rotatable bonds is 5. The van der Waals surface area contributed by atoms with Crippen LogP contribution in [0.5, 0.6) is 0 Å². The average molecular weight is 337 g/mol. The molecule has 1 amide bonds. The van der Waals surface area contributed by atoms with Crippen LogP contribution in [0.4, 0.5) is 0 Å². The molecule has 0 aliphatic heterocycles. The fourth-order valence-corrected chi connectivity index (χ4v) is 2.78. The van der Waals surface area contributed by atoms with E-state index in [9.17, 15) is 4.79 Å². The molecule has 5 nitrogen and oxygen atoms in total. The molecule has 1 aromatic carbocycles. The summed E-state index contributed by atoms with van der Waals surface area (Å²) < 4.78 is 5.27. The number of aromatic nitrogens is 2. The zero-order valence-electron chi connectivity index (χ0n) is 15.0. The first-order valence-corrected chi connectivity index (χ1v) is 8.54. The Morgan fingerprint density at radius 2 is 1.92 bits per heavy atom. The van der Waals surface area contributed by atoms with E-state index < -0.39 is 0 Å². The van der Waals surface area contributed by atoms with Crippen LogP contribution >= 0.6 is 0 Å². The molecule has 0 aliphatic rings. The van der Waals surface area contributed by atoms with Gasteiger partial charge in [0.15, 0.2) is 5.58 Å². The molecular weight excluding hydrogens is 314 g/mol. The molecule has 2 heterocycles. The zero-order chi connectivity index (χ0) is 18.0. The number of carbonyl (C=O) groups excluding carboxylic acids is 1. The van der Waals surface area contributed by atoms with Gasteiger partial charge in [-0.15, -0.1) is 0 Å². The van der Waals surface area contributed by atoms with Gasteiger partial charge in [-0.05, 0) is 30.9 Å². The lowest BCUT2D eigenvalue weighted by atomic mass is 10.0. The maximum Gasteiger partial charge on any atom is 0.224 e. The van der Waals surface area contributed by atoms with Crippen LogP contribution in [0.3, 0.4) is 0 Å². The standard InChI is InChI=1S/C20H23N3O2/c1-12(2)16-7-5-15(6-8-16)9-20(24)22-14(4)18-10-19-17(11-21-18)13(3)23-25-19/h5-8,10-12,14H,9H2,1-4H3,(H,22,24)/t14-/m1/s1. The highest BCUT2D eigenvalue weighted by atomic mass is 16.5. The third-order valence-electron chi connectivity index (χ3n) is 4.39. The van der Waals surface area contributed by atoms with Crippen molar-refractivity contribution in [2.45, 2.75) is 46.1 Å². The first-order valence-electron chi connectivity index (χ1n) is 8.54. The van der Waals surface area contributed by atoms with Gasteiger partial charge in [-0.25, -0.2) is 0 Å². The average Bonchev–Trinajstić information content (AvgIpc) is 2.96. The Balaban J connectivity index is 1.64. The topological polar surface area (TPSA) is 68.0 Å². The van der Waals surface area contributed by atoms with Crippen molar-refractivity contribution in [3.63, 3.8) is 0 Å². The molecule has 1 atom stereocenters. The largest absolute Gasteiger partial charge is 0.356 e. The highest BCUT2D eigenvalue weighted by molar-refractivity contribution is 5.80. The molecule has 0 aliphatic carbocycles. The monoisotopic (exact) mass is 337 g/mol. The number of amides is 1. The van der Waals surface area contributed by atoms with Crippen LogP contribution in [0.1, 0.15) is 55.2 Å². The van der Waals surface area contributed by atoms with E-state index in [2.05, 4.69) is 41.4 Å². The first-order chi connectivity index (χ1) is 11.9. The summed E-state index contributed by atoms with van der Waals surface area (Å²) in [6.07, 6.45) is 2.09. The lowest BCUT2D eigenvalue weighted by Crippen LogP contribution is -2.28. The van der Waals surface area contributed by atoms with Crippen molar-refractivity contribution in [1.29, 1.82) is 0 Å². The van der Waals surface area contributed by atoms with Crippen LogP contribution in [0, 0.1) is 6.92 Å².